The SMILES string of the molecule is O=C(CN(Cc1ccccc1)S(=O)(=O)c1cc(Cl)ccc1Cl)NC1CC1. The lowest BCUT2D eigenvalue weighted by molar-refractivity contribution is -0.121. The number of amides is 1. The molecule has 1 fully saturated rings. The predicted molar refractivity (Wildman–Crippen MR) is 102 cm³/mol. The van der Waals surface area contributed by atoms with Crippen molar-refractivity contribution in [2.75, 3.05) is 6.54 Å². The molecule has 0 unspecified atom stereocenters. The Morgan fingerprint density at radius 1 is 1.12 bits per heavy atom. The minimum Gasteiger partial charge on any atom is -0.352 e. The van der Waals surface area contributed by atoms with Crippen LogP contribution in [0, 0.1) is 0 Å². The van der Waals surface area contributed by atoms with E-state index in [2.05, 4.69) is 5.32 Å². The quantitative estimate of drug-likeness (QED) is 0.756. The van der Waals surface area contributed by atoms with Gasteiger partial charge in [0.2, 0.25) is 15.9 Å². The summed E-state index contributed by atoms with van der Waals surface area (Å²) >= 11 is 12.0. The molecule has 1 saturated carbocycles. The Morgan fingerprint density at radius 2 is 1.81 bits per heavy atom. The van der Waals surface area contributed by atoms with Gasteiger partial charge in [0.1, 0.15) is 4.90 Å². The third-order valence-electron chi connectivity index (χ3n) is 3.98. The average Bonchev–Trinajstić information content (AvgIpc) is 3.41. The van der Waals surface area contributed by atoms with Crippen LogP contribution >= 0.6 is 23.2 Å². The van der Waals surface area contributed by atoms with Gasteiger partial charge in [0, 0.05) is 17.6 Å². The largest absolute Gasteiger partial charge is 0.352 e. The second-order valence-electron chi connectivity index (χ2n) is 6.18. The Kier molecular flexibility index (Phi) is 5.87. The summed E-state index contributed by atoms with van der Waals surface area (Å²) in [5.74, 6) is -0.329. The molecule has 2 aromatic rings. The fourth-order valence-electron chi connectivity index (χ4n) is 2.49. The smallest absolute Gasteiger partial charge is 0.245 e. The van der Waals surface area contributed by atoms with Crippen LogP contribution in [0.25, 0.3) is 0 Å². The van der Waals surface area contributed by atoms with Gasteiger partial charge in [0.25, 0.3) is 0 Å². The van der Waals surface area contributed by atoms with E-state index in [1.165, 1.54) is 18.2 Å². The lowest BCUT2D eigenvalue weighted by Crippen LogP contribution is -2.41. The maximum atomic E-state index is 13.1. The maximum absolute atomic E-state index is 13.1. The molecule has 1 N–H and O–H groups in total. The molecule has 138 valence electrons. The molecule has 0 heterocycles. The third-order valence-corrected chi connectivity index (χ3v) is 6.48. The van der Waals surface area contributed by atoms with Gasteiger partial charge < -0.3 is 5.32 Å². The van der Waals surface area contributed by atoms with Crippen LogP contribution in [0.1, 0.15) is 18.4 Å². The van der Waals surface area contributed by atoms with Crippen molar-refractivity contribution >= 4 is 39.1 Å². The Bertz CT molecular complexity index is 900. The highest BCUT2D eigenvalue weighted by atomic mass is 35.5. The van der Waals surface area contributed by atoms with Crippen LogP contribution in [0.15, 0.2) is 53.4 Å². The predicted octanol–water partition coefficient (Wildman–Crippen LogP) is 3.46. The number of nitrogens with zero attached hydrogens (tertiary/aromatic N) is 1. The van der Waals surface area contributed by atoms with Crippen molar-refractivity contribution in [3.05, 3.63) is 64.1 Å². The summed E-state index contributed by atoms with van der Waals surface area (Å²) in [6, 6.07) is 13.5. The van der Waals surface area contributed by atoms with Crippen LogP contribution in [0.5, 0.6) is 0 Å². The molecule has 0 saturated heterocycles. The summed E-state index contributed by atoms with van der Waals surface area (Å²) in [6.07, 6.45) is 1.86. The molecule has 0 bridgehead atoms. The molecule has 0 spiro atoms. The number of carbonyl (C=O) groups excluding carboxylic acids is 1. The van der Waals surface area contributed by atoms with Gasteiger partial charge in [-0.25, -0.2) is 8.42 Å². The van der Waals surface area contributed by atoms with Crippen LogP contribution < -0.4 is 5.32 Å². The zero-order valence-corrected chi connectivity index (χ0v) is 16.2. The van der Waals surface area contributed by atoms with E-state index in [0.29, 0.717) is 0 Å². The second kappa shape index (κ2) is 7.96. The van der Waals surface area contributed by atoms with Crippen molar-refractivity contribution in [2.45, 2.75) is 30.3 Å². The summed E-state index contributed by atoms with van der Waals surface area (Å²) in [5.41, 5.74) is 0.772. The summed E-state index contributed by atoms with van der Waals surface area (Å²) < 4.78 is 27.4. The van der Waals surface area contributed by atoms with Gasteiger partial charge in [-0.05, 0) is 36.6 Å². The molecule has 1 aliphatic carbocycles. The zero-order valence-electron chi connectivity index (χ0n) is 13.9. The minimum absolute atomic E-state index is 0.0596. The van der Waals surface area contributed by atoms with E-state index in [1.54, 1.807) is 12.1 Å². The number of hydrogen-bond donors (Lipinski definition) is 1. The van der Waals surface area contributed by atoms with Gasteiger partial charge in [-0.3, -0.25) is 4.79 Å². The Hall–Kier alpha value is -1.60. The number of benzene rings is 2. The molecule has 8 heteroatoms. The van der Waals surface area contributed by atoms with E-state index in [9.17, 15) is 13.2 Å². The fraction of sp³-hybridized carbons (Fsp3) is 0.278. The number of rotatable bonds is 7. The molecular formula is C18H18Cl2N2O3S. The van der Waals surface area contributed by atoms with E-state index in [4.69, 9.17) is 23.2 Å². The summed E-state index contributed by atoms with van der Waals surface area (Å²) in [7, 11) is -4.01. The van der Waals surface area contributed by atoms with E-state index >= 15 is 0 Å². The molecule has 3 rings (SSSR count). The molecule has 1 aliphatic rings. The van der Waals surface area contributed by atoms with E-state index in [0.717, 1.165) is 22.7 Å². The highest BCUT2D eigenvalue weighted by Gasteiger charge is 2.31. The molecule has 0 radical (unpaired) electrons. The monoisotopic (exact) mass is 412 g/mol. The van der Waals surface area contributed by atoms with Gasteiger partial charge in [0.05, 0.1) is 11.6 Å². The lowest BCUT2D eigenvalue weighted by Gasteiger charge is -2.22. The van der Waals surface area contributed by atoms with Gasteiger partial charge in [-0.15, -0.1) is 0 Å². The molecule has 0 atom stereocenters. The van der Waals surface area contributed by atoms with Gasteiger partial charge in [-0.2, -0.15) is 4.31 Å². The van der Waals surface area contributed by atoms with E-state index in [-0.39, 0.29) is 40.0 Å². The highest BCUT2D eigenvalue weighted by molar-refractivity contribution is 7.89. The van der Waals surface area contributed by atoms with Gasteiger partial charge in [-0.1, -0.05) is 53.5 Å². The Morgan fingerprint density at radius 3 is 2.46 bits per heavy atom. The zero-order chi connectivity index (χ0) is 18.7. The number of halogens is 2. The van der Waals surface area contributed by atoms with Crippen LogP contribution in [0.2, 0.25) is 10.0 Å². The Labute approximate surface area is 163 Å². The van der Waals surface area contributed by atoms with Crippen LogP contribution in [0.4, 0.5) is 0 Å². The number of sulfonamides is 1. The first-order chi connectivity index (χ1) is 12.4. The van der Waals surface area contributed by atoms with Crippen LogP contribution in [0.3, 0.4) is 0 Å². The van der Waals surface area contributed by atoms with Crippen molar-refractivity contribution in [1.82, 2.24) is 9.62 Å². The van der Waals surface area contributed by atoms with Crippen molar-refractivity contribution < 1.29 is 13.2 Å². The molecule has 1 amide bonds. The second-order valence-corrected chi connectivity index (χ2v) is 8.93. The number of hydrogen-bond acceptors (Lipinski definition) is 3. The topological polar surface area (TPSA) is 66.5 Å². The van der Waals surface area contributed by atoms with Gasteiger partial charge in [0.15, 0.2) is 0 Å². The number of nitrogens with one attached hydrogen (secondary N) is 1. The van der Waals surface area contributed by atoms with Crippen LogP contribution in [-0.2, 0) is 21.4 Å². The first kappa shape index (κ1) is 19.2. The molecule has 0 aromatic heterocycles. The molecule has 2 aromatic carbocycles. The standard InChI is InChI=1S/C18H18Cl2N2O3S/c19-14-6-9-16(20)17(10-14)26(24,25)22(11-13-4-2-1-3-5-13)12-18(23)21-15-7-8-15/h1-6,9-10,15H,7-8,11-12H2,(H,21,23). The van der Waals surface area contributed by atoms with Gasteiger partial charge >= 0.3 is 0 Å². The molecule has 5 nitrogen and oxygen atoms in total. The maximum Gasteiger partial charge on any atom is 0.245 e. The Balaban J connectivity index is 1.91. The molecular weight excluding hydrogens is 395 g/mol. The van der Waals surface area contributed by atoms with Crippen LogP contribution in [-0.4, -0.2) is 31.2 Å². The van der Waals surface area contributed by atoms with E-state index in [1.807, 2.05) is 18.2 Å². The highest BCUT2D eigenvalue weighted by Crippen LogP contribution is 2.28. The average molecular weight is 413 g/mol. The van der Waals surface area contributed by atoms with Crippen molar-refractivity contribution in [3.63, 3.8) is 0 Å². The van der Waals surface area contributed by atoms with E-state index < -0.39 is 10.0 Å². The third kappa shape index (κ3) is 4.76. The van der Waals surface area contributed by atoms with Crippen molar-refractivity contribution in [1.29, 1.82) is 0 Å². The number of carbonyl (C=O) groups is 1. The molecule has 0 aliphatic heterocycles. The van der Waals surface area contributed by atoms with Crippen molar-refractivity contribution in [2.24, 2.45) is 0 Å². The normalized spacial score (nSPS) is 14.4. The molecule has 26 heavy (non-hydrogen) atoms. The first-order valence-electron chi connectivity index (χ1n) is 8.15. The van der Waals surface area contributed by atoms with Crippen molar-refractivity contribution in [3.8, 4) is 0 Å². The minimum atomic E-state index is -4.01. The fourth-order valence-corrected chi connectivity index (χ4v) is 4.61. The summed E-state index contributed by atoms with van der Waals surface area (Å²) in [5, 5.41) is 3.14. The summed E-state index contributed by atoms with van der Waals surface area (Å²) in [4.78, 5) is 12.1. The first-order valence-corrected chi connectivity index (χ1v) is 10.3. The summed E-state index contributed by atoms with van der Waals surface area (Å²) in [6.45, 7) is -0.222. The lowest BCUT2D eigenvalue weighted by atomic mass is 10.2.